The Hall–Kier alpha value is -1.79. The summed E-state index contributed by atoms with van der Waals surface area (Å²) in [6.45, 7) is 0.112. The van der Waals surface area contributed by atoms with Gasteiger partial charge >= 0.3 is 0 Å². The lowest BCUT2D eigenvalue weighted by Crippen LogP contribution is -2.34. The maximum Gasteiger partial charge on any atom is 0.270 e. The maximum absolute atomic E-state index is 12.4. The zero-order valence-corrected chi connectivity index (χ0v) is 15.4. The summed E-state index contributed by atoms with van der Waals surface area (Å²) in [5.41, 5.74) is -0.673. The van der Waals surface area contributed by atoms with Gasteiger partial charge in [0.1, 0.15) is 4.90 Å². The molecule has 0 saturated carbocycles. The number of rotatable bonds is 9. The van der Waals surface area contributed by atoms with E-state index >= 15 is 0 Å². The third-order valence-corrected chi connectivity index (χ3v) is 4.46. The van der Waals surface area contributed by atoms with Gasteiger partial charge in [-0.3, -0.25) is 14.9 Å². The second-order valence-corrected chi connectivity index (χ2v) is 6.85. The van der Waals surface area contributed by atoms with Gasteiger partial charge in [0, 0.05) is 31.8 Å². The van der Waals surface area contributed by atoms with Crippen molar-refractivity contribution in [3.8, 4) is 0 Å². The molecule has 25 heavy (non-hydrogen) atoms. The third-order valence-electron chi connectivity index (χ3n) is 2.96. The molecule has 0 aliphatic rings. The van der Waals surface area contributed by atoms with Crippen LogP contribution in [-0.4, -0.2) is 69.6 Å². The maximum atomic E-state index is 12.4. The van der Waals surface area contributed by atoms with Crippen molar-refractivity contribution >= 4 is 34.0 Å². The fraction of sp³-hybridized carbons (Fsp3) is 0.462. The first-order valence-electron chi connectivity index (χ1n) is 7.01. The summed E-state index contributed by atoms with van der Waals surface area (Å²) in [6, 6.07) is 2.96. The summed E-state index contributed by atoms with van der Waals surface area (Å²) in [7, 11) is -0.598. The Kier molecular flexibility index (Phi) is 9.52. The van der Waals surface area contributed by atoms with Crippen molar-refractivity contribution in [1.82, 2.24) is 14.9 Å². The predicted molar refractivity (Wildman–Crippen MR) is 93.5 cm³/mol. The van der Waals surface area contributed by atoms with Gasteiger partial charge in [0.05, 0.1) is 17.1 Å². The third kappa shape index (κ3) is 6.92. The summed E-state index contributed by atoms with van der Waals surface area (Å²) in [5.74, 6) is -0.744. The van der Waals surface area contributed by atoms with Crippen LogP contribution in [0, 0.1) is 10.1 Å². The molecule has 10 nitrogen and oxygen atoms in total. The monoisotopic (exact) mass is 396 g/mol. The lowest BCUT2D eigenvalue weighted by Gasteiger charge is -2.13. The minimum atomic E-state index is -4.12. The van der Waals surface area contributed by atoms with E-state index in [9.17, 15) is 23.3 Å². The van der Waals surface area contributed by atoms with E-state index in [2.05, 4.69) is 10.0 Å². The molecule has 0 radical (unpaired) electrons. The van der Waals surface area contributed by atoms with E-state index in [1.807, 2.05) is 0 Å². The molecule has 1 aromatic carbocycles. The molecule has 12 heteroatoms. The van der Waals surface area contributed by atoms with Crippen LogP contribution in [0.5, 0.6) is 0 Å². The fourth-order valence-electron chi connectivity index (χ4n) is 1.78. The van der Waals surface area contributed by atoms with Crippen LogP contribution in [0.25, 0.3) is 0 Å². The molecule has 0 aromatic heterocycles. The molecular formula is C13H21ClN4O6S. The molecular weight excluding hydrogens is 376 g/mol. The Labute approximate surface area is 151 Å². The molecule has 0 atom stereocenters. The molecule has 1 amide bonds. The minimum Gasteiger partial charge on any atom is -0.395 e. The number of likely N-dealkylation sites (N-methyl/N-ethyl adjacent to an activating group) is 1. The molecule has 3 N–H and O–H groups in total. The molecule has 0 heterocycles. The van der Waals surface area contributed by atoms with Crippen molar-refractivity contribution in [1.29, 1.82) is 0 Å². The van der Waals surface area contributed by atoms with E-state index in [1.54, 1.807) is 19.0 Å². The summed E-state index contributed by atoms with van der Waals surface area (Å²) in [4.78, 5) is 23.5. The summed E-state index contributed by atoms with van der Waals surface area (Å²) < 4.78 is 27.1. The number of carbonyl (C=O) groups is 1. The second kappa shape index (κ2) is 10.3. The smallest absolute Gasteiger partial charge is 0.270 e. The van der Waals surface area contributed by atoms with E-state index in [0.717, 1.165) is 18.2 Å². The number of benzene rings is 1. The summed E-state index contributed by atoms with van der Waals surface area (Å²) in [5, 5.41) is 21.9. The van der Waals surface area contributed by atoms with Gasteiger partial charge in [0.15, 0.2) is 0 Å². The first-order valence-corrected chi connectivity index (χ1v) is 8.49. The SMILES string of the molecule is CN(C)CCNS(=O)(=O)c1cc([N+](=O)[O-])ccc1C(=O)NCCO.Cl. The molecule has 0 unspecified atom stereocenters. The van der Waals surface area contributed by atoms with E-state index in [1.165, 1.54) is 0 Å². The molecule has 1 rings (SSSR count). The lowest BCUT2D eigenvalue weighted by molar-refractivity contribution is -0.385. The number of aliphatic hydroxyl groups is 1. The average Bonchev–Trinajstić information content (AvgIpc) is 2.51. The Morgan fingerprint density at radius 1 is 1.32 bits per heavy atom. The first kappa shape index (κ1) is 23.2. The number of aliphatic hydroxyl groups excluding tert-OH is 1. The number of halogens is 1. The number of carbonyl (C=O) groups excluding carboxylic acids is 1. The van der Waals surface area contributed by atoms with Gasteiger partial charge in [0.2, 0.25) is 10.0 Å². The Bertz CT molecular complexity index is 710. The number of amides is 1. The predicted octanol–water partition coefficient (Wildman–Crippen LogP) is -0.421. The van der Waals surface area contributed by atoms with Crippen LogP contribution in [0.15, 0.2) is 23.1 Å². The highest BCUT2D eigenvalue weighted by Crippen LogP contribution is 2.22. The van der Waals surface area contributed by atoms with Crippen molar-refractivity contribution in [3.05, 3.63) is 33.9 Å². The number of nitrogens with zero attached hydrogens (tertiary/aromatic N) is 2. The van der Waals surface area contributed by atoms with Crippen molar-refractivity contribution in [3.63, 3.8) is 0 Å². The van der Waals surface area contributed by atoms with Crippen LogP contribution < -0.4 is 10.0 Å². The fourth-order valence-corrected chi connectivity index (χ4v) is 3.02. The molecule has 0 aliphatic heterocycles. The van der Waals surface area contributed by atoms with E-state index in [-0.39, 0.29) is 37.7 Å². The second-order valence-electron chi connectivity index (χ2n) is 5.12. The van der Waals surface area contributed by atoms with E-state index < -0.39 is 31.4 Å². The van der Waals surface area contributed by atoms with Crippen LogP contribution in [0.1, 0.15) is 10.4 Å². The molecule has 0 bridgehead atoms. The van der Waals surface area contributed by atoms with Crippen molar-refractivity contribution in [2.45, 2.75) is 4.90 Å². The highest BCUT2D eigenvalue weighted by molar-refractivity contribution is 7.89. The van der Waals surface area contributed by atoms with Gasteiger partial charge in [-0.2, -0.15) is 0 Å². The van der Waals surface area contributed by atoms with Gasteiger partial charge < -0.3 is 15.3 Å². The standard InChI is InChI=1S/C13H20N4O6S.ClH/c1-16(2)7-5-15-24(22,23)12-9-10(17(20)21)3-4-11(12)13(19)14-6-8-18;/h3-4,9,15,18H,5-8H2,1-2H3,(H,14,19);1H. The lowest BCUT2D eigenvalue weighted by atomic mass is 10.2. The zero-order valence-electron chi connectivity index (χ0n) is 13.8. The molecule has 142 valence electrons. The molecule has 1 aromatic rings. The molecule has 0 spiro atoms. The molecule has 0 saturated heterocycles. The van der Waals surface area contributed by atoms with E-state index in [4.69, 9.17) is 5.11 Å². The number of hydrogen-bond donors (Lipinski definition) is 3. The number of hydrogen-bond acceptors (Lipinski definition) is 7. The van der Waals surface area contributed by atoms with Crippen molar-refractivity contribution in [2.24, 2.45) is 0 Å². The van der Waals surface area contributed by atoms with Crippen LogP contribution in [0.3, 0.4) is 0 Å². The van der Waals surface area contributed by atoms with Crippen molar-refractivity contribution < 1.29 is 23.2 Å². The number of nitrogens with one attached hydrogen (secondary N) is 2. The minimum absolute atomic E-state index is 0. The van der Waals surface area contributed by atoms with Crippen LogP contribution in [0.2, 0.25) is 0 Å². The Morgan fingerprint density at radius 3 is 2.48 bits per heavy atom. The topological polar surface area (TPSA) is 142 Å². The van der Waals surface area contributed by atoms with Gasteiger partial charge in [0.25, 0.3) is 11.6 Å². The normalized spacial score (nSPS) is 11.0. The number of nitro groups is 1. The first-order chi connectivity index (χ1) is 11.2. The van der Waals surface area contributed by atoms with Gasteiger partial charge in [-0.1, -0.05) is 0 Å². The van der Waals surface area contributed by atoms with Crippen molar-refractivity contribution in [2.75, 3.05) is 40.3 Å². The average molecular weight is 397 g/mol. The van der Waals surface area contributed by atoms with Crippen LogP contribution >= 0.6 is 12.4 Å². The number of nitro benzene ring substituents is 1. The van der Waals surface area contributed by atoms with Gasteiger partial charge in [-0.05, 0) is 20.2 Å². The number of sulfonamides is 1. The van der Waals surface area contributed by atoms with Gasteiger partial charge in [-0.15, -0.1) is 12.4 Å². The summed E-state index contributed by atoms with van der Waals surface area (Å²) in [6.07, 6.45) is 0. The Balaban J connectivity index is 0.00000576. The summed E-state index contributed by atoms with van der Waals surface area (Å²) >= 11 is 0. The van der Waals surface area contributed by atoms with Crippen LogP contribution in [-0.2, 0) is 10.0 Å². The van der Waals surface area contributed by atoms with E-state index in [0.29, 0.717) is 6.54 Å². The highest BCUT2D eigenvalue weighted by Gasteiger charge is 2.25. The quantitative estimate of drug-likeness (QED) is 0.380. The molecule has 0 aliphatic carbocycles. The Morgan fingerprint density at radius 2 is 1.96 bits per heavy atom. The van der Waals surface area contributed by atoms with Gasteiger partial charge in [-0.25, -0.2) is 13.1 Å². The zero-order chi connectivity index (χ0) is 18.3. The molecule has 0 fully saturated rings. The van der Waals surface area contributed by atoms with Crippen LogP contribution in [0.4, 0.5) is 5.69 Å². The largest absolute Gasteiger partial charge is 0.395 e. The highest BCUT2D eigenvalue weighted by atomic mass is 35.5. The number of non-ortho nitro benzene ring substituents is 1.